The summed E-state index contributed by atoms with van der Waals surface area (Å²) in [6, 6.07) is 7.52. The standard InChI is InChI=1S/C11H12N2OS/c1-7-3-2-4-8(5-7)10(14)11-13-9(12)6-15-11/h2-5,9H,6,12H2,1H3. The average Bonchev–Trinajstić information content (AvgIpc) is 2.64. The highest BCUT2D eigenvalue weighted by molar-refractivity contribution is 8.16. The molecule has 4 heteroatoms. The first-order valence-electron chi connectivity index (χ1n) is 4.74. The van der Waals surface area contributed by atoms with E-state index >= 15 is 0 Å². The smallest absolute Gasteiger partial charge is 0.217 e. The molecule has 0 saturated heterocycles. The summed E-state index contributed by atoms with van der Waals surface area (Å²) >= 11 is 1.43. The molecule has 1 heterocycles. The lowest BCUT2D eigenvalue weighted by Gasteiger charge is -2.00. The molecule has 0 aliphatic carbocycles. The molecular formula is C11H12N2OS. The highest BCUT2D eigenvalue weighted by atomic mass is 32.2. The molecule has 0 saturated carbocycles. The molecule has 1 aliphatic heterocycles. The van der Waals surface area contributed by atoms with Crippen LogP contribution < -0.4 is 5.73 Å². The zero-order chi connectivity index (χ0) is 10.8. The summed E-state index contributed by atoms with van der Waals surface area (Å²) < 4.78 is 0. The molecule has 1 aliphatic rings. The van der Waals surface area contributed by atoms with Crippen LogP contribution >= 0.6 is 11.8 Å². The Hall–Kier alpha value is -1.13. The van der Waals surface area contributed by atoms with E-state index in [1.165, 1.54) is 11.8 Å². The molecule has 15 heavy (non-hydrogen) atoms. The topological polar surface area (TPSA) is 55.5 Å². The molecule has 0 amide bonds. The van der Waals surface area contributed by atoms with Crippen LogP contribution in [0.1, 0.15) is 15.9 Å². The fourth-order valence-electron chi connectivity index (χ4n) is 1.42. The van der Waals surface area contributed by atoms with Gasteiger partial charge in [0.05, 0.1) is 0 Å². The van der Waals surface area contributed by atoms with Crippen molar-refractivity contribution in [1.82, 2.24) is 0 Å². The van der Waals surface area contributed by atoms with Crippen molar-refractivity contribution in [3.8, 4) is 0 Å². The summed E-state index contributed by atoms with van der Waals surface area (Å²) in [5.41, 5.74) is 7.38. The predicted molar refractivity (Wildman–Crippen MR) is 63.4 cm³/mol. The van der Waals surface area contributed by atoms with Gasteiger partial charge in [-0.3, -0.25) is 9.79 Å². The van der Waals surface area contributed by atoms with Gasteiger partial charge in [0, 0.05) is 11.3 Å². The molecule has 3 nitrogen and oxygen atoms in total. The Morgan fingerprint density at radius 1 is 1.60 bits per heavy atom. The van der Waals surface area contributed by atoms with Crippen LogP contribution in [0, 0.1) is 6.92 Å². The largest absolute Gasteiger partial charge is 0.309 e. The first-order valence-corrected chi connectivity index (χ1v) is 5.73. The molecular weight excluding hydrogens is 208 g/mol. The minimum absolute atomic E-state index is 0.0170. The number of carbonyl (C=O) groups is 1. The molecule has 78 valence electrons. The third-order valence-electron chi connectivity index (χ3n) is 2.15. The SMILES string of the molecule is Cc1cccc(C(=O)C2=NC(N)CS2)c1. The minimum Gasteiger partial charge on any atom is -0.309 e. The van der Waals surface area contributed by atoms with Gasteiger partial charge in [0.15, 0.2) is 0 Å². The van der Waals surface area contributed by atoms with Gasteiger partial charge in [0.25, 0.3) is 0 Å². The molecule has 0 spiro atoms. The van der Waals surface area contributed by atoms with Crippen molar-refractivity contribution >= 4 is 22.6 Å². The van der Waals surface area contributed by atoms with E-state index in [0.717, 1.165) is 5.56 Å². The number of aliphatic imine (C=N–C) groups is 1. The molecule has 0 radical (unpaired) electrons. The summed E-state index contributed by atoms with van der Waals surface area (Å²) in [5, 5.41) is 0.535. The Labute approximate surface area is 92.8 Å². The first kappa shape index (κ1) is 10.4. The second-order valence-corrected chi connectivity index (χ2v) is 4.52. The molecule has 1 unspecified atom stereocenters. The third-order valence-corrected chi connectivity index (χ3v) is 3.22. The Balaban J connectivity index is 2.25. The van der Waals surface area contributed by atoms with Gasteiger partial charge >= 0.3 is 0 Å². The molecule has 0 fully saturated rings. The number of aryl methyl sites for hydroxylation is 1. The number of Topliss-reactive ketones (excluding diaryl/α,β-unsaturated/α-hetero) is 1. The number of benzene rings is 1. The zero-order valence-electron chi connectivity index (χ0n) is 8.43. The summed E-state index contributed by atoms with van der Waals surface area (Å²) in [5.74, 6) is 0.684. The van der Waals surface area contributed by atoms with E-state index in [1.54, 1.807) is 0 Å². The van der Waals surface area contributed by atoms with Crippen molar-refractivity contribution in [3.05, 3.63) is 35.4 Å². The van der Waals surface area contributed by atoms with Crippen LogP contribution in [0.5, 0.6) is 0 Å². The number of carbonyl (C=O) groups excluding carboxylic acids is 1. The fraction of sp³-hybridized carbons (Fsp3) is 0.273. The van der Waals surface area contributed by atoms with E-state index in [0.29, 0.717) is 16.4 Å². The Morgan fingerprint density at radius 2 is 2.40 bits per heavy atom. The molecule has 0 aromatic heterocycles. The number of rotatable bonds is 2. The number of nitrogens with two attached hydrogens (primary N) is 1. The van der Waals surface area contributed by atoms with Crippen molar-refractivity contribution < 1.29 is 4.79 Å². The summed E-state index contributed by atoms with van der Waals surface area (Å²) in [7, 11) is 0. The third kappa shape index (κ3) is 2.27. The molecule has 1 aromatic carbocycles. The monoisotopic (exact) mass is 220 g/mol. The van der Waals surface area contributed by atoms with E-state index in [2.05, 4.69) is 4.99 Å². The van der Waals surface area contributed by atoms with Crippen LogP contribution in [0.25, 0.3) is 0 Å². The normalized spacial score (nSPS) is 20.1. The summed E-state index contributed by atoms with van der Waals surface area (Å²) in [6.07, 6.45) is -0.223. The van der Waals surface area contributed by atoms with Gasteiger partial charge in [-0.05, 0) is 13.0 Å². The van der Waals surface area contributed by atoms with Gasteiger partial charge in [-0.2, -0.15) is 0 Å². The minimum atomic E-state index is -0.223. The first-order chi connectivity index (χ1) is 7.16. The van der Waals surface area contributed by atoms with E-state index < -0.39 is 0 Å². The number of thioether (sulfide) groups is 1. The number of hydrogen-bond acceptors (Lipinski definition) is 4. The van der Waals surface area contributed by atoms with Crippen molar-refractivity contribution in [3.63, 3.8) is 0 Å². The zero-order valence-corrected chi connectivity index (χ0v) is 9.25. The van der Waals surface area contributed by atoms with E-state index in [1.807, 2.05) is 31.2 Å². The highest BCUT2D eigenvalue weighted by Gasteiger charge is 2.21. The van der Waals surface area contributed by atoms with Crippen LogP contribution in [0.15, 0.2) is 29.3 Å². The molecule has 1 atom stereocenters. The van der Waals surface area contributed by atoms with Crippen LogP contribution in [0.2, 0.25) is 0 Å². The predicted octanol–water partition coefficient (Wildman–Crippen LogP) is 1.61. The van der Waals surface area contributed by atoms with Crippen LogP contribution in [-0.4, -0.2) is 22.7 Å². The van der Waals surface area contributed by atoms with Crippen molar-refractivity contribution in [1.29, 1.82) is 0 Å². The maximum absolute atomic E-state index is 11.9. The van der Waals surface area contributed by atoms with Crippen molar-refractivity contribution in [2.24, 2.45) is 10.7 Å². The lowest BCUT2D eigenvalue weighted by Crippen LogP contribution is -2.16. The fourth-order valence-corrected chi connectivity index (χ4v) is 2.29. The van der Waals surface area contributed by atoms with Crippen LogP contribution in [-0.2, 0) is 0 Å². The second kappa shape index (κ2) is 4.16. The van der Waals surface area contributed by atoms with Gasteiger partial charge in [-0.25, -0.2) is 0 Å². The molecule has 1 aromatic rings. The maximum Gasteiger partial charge on any atom is 0.217 e. The van der Waals surface area contributed by atoms with Crippen molar-refractivity contribution in [2.75, 3.05) is 5.75 Å². The van der Waals surface area contributed by atoms with Crippen LogP contribution in [0.4, 0.5) is 0 Å². The summed E-state index contributed by atoms with van der Waals surface area (Å²) in [6.45, 7) is 1.96. The van der Waals surface area contributed by atoms with Crippen LogP contribution in [0.3, 0.4) is 0 Å². The second-order valence-electron chi connectivity index (χ2n) is 3.51. The van der Waals surface area contributed by atoms with E-state index in [4.69, 9.17) is 5.73 Å². The molecule has 0 bridgehead atoms. The Morgan fingerprint density at radius 3 is 3.00 bits per heavy atom. The maximum atomic E-state index is 11.9. The lowest BCUT2D eigenvalue weighted by atomic mass is 10.1. The molecule has 2 rings (SSSR count). The quantitative estimate of drug-likeness (QED) is 0.770. The average molecular weight is 220 g/mol. The number of nitrogens with zero attached hydrogens (tertiary/aromatic N) is 1. The highest BCUT2D eigenvalue weighted by Crippen LogP contribution is 2.19. The number of ketones is 1. The van der Waals surface area contributed by atoms with Gasteiger partial charge in [-0.15, -0.1) is 0 Å². The molecule has 2 N–H and O–H groups in total. The van der Waals surface area contributed by atoms with Gasteiger partial charge < -0.3 is 5.73 Å². The van der Waals surface area contributed by atoms with Gasteiger partial charge in [-0.1, -0.05) is 35.5 Å². The lowest BCUT2D eigenvalue weighted by molar-refractivity contribution is 0.106. The van der Waals surface area contributed by atoms with Crippen molar-refractivity contribution in [2.45, 2.75) is 13.1 Å². The Kier molecular flexibility index (Phi) is 2.88. The van der Waals surface area contributed by atoms with Gasteiger partial charge in [0.1, 0.15) is 11.2 Å². The number of hydrogen-bond donors (Lipinski definition) is 1. The van der Waals surface area contributed by atoms with E-state index in [9.17, 15) is 4.79 Å². The Bertz CT molecular complexity index is 428. The van der Waals surface area contributed by atoms with E-state index in [-0.39, 0.29) is 11.9 Å². The summed E-state index contributed by atoms with van der Waals surface area (Å²) in [4.78, 5) is 16.0. The van der Waals surface area contributed by atoms with Gasteiger partial charge in [0.2, 0.25) is 5.78 Å².